The molecule has 5 aromatic carbocycles. The summed E-state index contributed by atoms with van der Waals surface area (Å²) in [4.78, 5) is 78.8. The number of carbonyl (C=O) groups excluding carboxylic acids is 4. The number of hydrogen-bond donors (Lipinski definition) is 5. The Balaban J connectivity index is 1.01. The van der Waals surface area contributed by atoms with Gasteiger partial charge in [-0.25, -0.2) is 4.57 Å². The van der Waals surface area contributed by atoms with Gasteiger partial charge in [0.05, 0.1) is 11.4 Å². The van der Waals surface area contributed by atoms with E-state index in [9.17, 15) is 38.6 Å². The van der Waals surface area contributed by atoms with E-state index in [1.165, 1.54) is 23.1 Å². The number of phenolic OH excluding ortho intramolecular Hbond substituents is 1. The summed E-state index contributed by atoms with van der Waals surface area (Å²) in [5, 5.41) is 19.2. The molecular weight excluding hydrogens is 928 g/mol. The summed E-state index contributed by atoms with van der Waals surface area (Å²) in [7, 11) is -4.96. The van der Waals surface area contributed by atoms with E-state index in [0.29, 0.717) is 57.3 Å². The molecule has 0 fully saturated rings. The van der Waals surface area contributed by atoms with Crippen LogP contribution in [-0.2, 0) is 23.7 Å². The van der Waals surface area contributed by atoms with E-state index >= 15 is 0 Å². The van der Waals surface area contributed by atoms with Crippen molar-refractivity contribution < 1.29 is 43.2 Å². The van der Waals surface area contributed by atoms with Gasteiger partial charge in [0.25, 0.3) is 11.8 Å². The molecule has 354 valence electrons. The predicted octanol–water partition coefficient (Wildman–Crippen LogP) is 8.81. The SMILES string of the molecule is O=C(CCCCCN1CC=CC1)NCCC(=O)Nc1cc(C=CC(=O)N2C[C@@H](CCl)c3c2cc(O)c2ccccc32)ccc1C=CC(=O)N1C[C@@H](CCl)c2c1cc(OP(=O)(O)O)c1ccccc21. The highest BCUT2D eigenvalue weighted by Crippen LogP contribution is 2.49. The average molecular weight is 981 g/mol. The number of rotatable bonds is 18. The molecule has 68 heavy (non-hydrogen) atoms. The number of phenols is 1. The summed E-state index contributed by atoms with van der Waals surface area (Å²) in [6.07, 6.45) is 13.3. The molecule has 5 N–H and O–H groups in total. The largest absolute Gasteiger partial charge is 0.524 e. The molecule has 3 heterocycles. The van der Waals surface area contributed by atoms with Crippen molar-refractivity contribution in [1.82, 2.24) is 10.2 Å². The van der Waals surface area contributed by atoms with Crippen molar-refractivity contribution in [2.45, 2.75) is 43.9 Å². The number of phosphoric ester groups is 1. The highest BCUT2D eigenvalue weighted by atomic mass is 35.5. The van der Waals surface area contributed by atoms with Crippen LogP contribution in [0.25, 0.3) is 33.7 Å². The van der Waals surface area contributed by atoms with Gasteiger partial charge in [-0.1, -0.05) is 79.2 Å². The first-order chi connectivity index (χ1) is 32.8. The van der Waals surface area contributed by atoms with Gasteiger partial charge in [-0.2, -0.15) is 0 Å². The van der Waals surface area contributed by atoms with Gasteiger partial charge in [0, 0.05) is 110 Å². The maximum atomic E-state index is 14.1. The normalized spacial score (nSPS) is 16.9. The molecule has 0 saturated heterocycles. The first-order valence-corrected chi connectivity index (χ1v) is 25.2. The first kappa shape index (κ1) is 48.5. The fraction of sp³-hybridized carbons (Fsp3) is 0.294. The molecular formula is C51H52Cl2N5O9P. The Hall–Kier alpha value is -5.99. The molecule has 14 nitrogen and oxygen atoms in total. The molecule has 17 heteroatoms. The highest BCUT2D eigenvalue weighted by Gasteiger charge is 2.36. The lowest BCUT2D eigenvalue weighted by Gasteiger charge is -2.18. The zero-order chi connectivity index (χ0) is 48.0. The molecule has 2 atom stereocenters. The molecule has 0 spiro atoms. The molecule has 4 amide bonds. The fourth-order valence-electron chi connectivity index (χ4n) is 9.27. The van der Waals surface area contributed by atoms with Crippen LogP contribution in [0.3, 0.4) is 0 Å². The minimum atomic E-state index is -4.96. The molecule has 8 rings (SSSR count). The van der Waals surface area contributed by atoms with Gasteiger partial charge in [-0.05, 0) is 70.6 Å². The monoisotopic (exact) mass is 979 g/mol. The summed E-state index contributed by atoms with van der Waals surface area (Å²) in [5.41, 5.74) is 3.98. The zero-order valence-electron chi connectivity index (χ0n) is 37.2. The van der Waals surface area contributed by atoms with Gasteiger partial charge in [0.1, 0.15) is 11.5 Å². The quantitative estimate of drug-likeness (QED) is 0.0187. The third kappa shape index (κ3) is 11.1. The van der Waals surface area contributed by atoms with E-state index in [1.807, 2.05) is 24.3 Å². The fourth-order valence-corrected chi connectivity index (χ4v) is 10.2. The number of phosphoric acid groups is 1. The Morgan fingerprint density at radius 3 is 1.97 bits per heavy atom. The summed E-state index contributed by atoms with van der Waals surface area (Å²) in [6, 6.07) is 22.6. The van der Waals surface area contributed by atoms with Crippen molar-refractivity contribution in [2.24, 2.45) is 0 Å². The lowest BCUT2D eigenvalue weighted by atomic mass is 9.95. The van der Waals surface area contributed by atoms with E-state index in [-0.39, 0.29) is 66.4 Å². The van der Waals surface area contributed by atoms with E-state index in [4.69, 9.17) is 27.7 Å². The Kier molecular flexibility index (Phi) is 15.3. The maximum Gasteiger partial charge on any atom is 0.524 e. The van der Waals surface area contributed by atoms with Crippen molar-refractivity contribution in [3.8, 4) is 11.5 Å². The van der Waals surface area contributed by atoms with E-state index in [2.05, 4.69) is 27.7 Å². The molecule has 5 aromatic rings. The Bertz CT molecular complexity index is 2890. The van der Waals surface area contributed by atoms with Crippen LogP contribution in [0.4, 0.5) is 17.1 Å². The van der Waals surface area contributed by atoms with Gasteiger partial charge in [-0.3, -0.25) is 33.9 Å². The lowest BCUT2D eigenvalue weighted by molar-refractivity contribution is -0.121. The maximum absolute atomic E-state index is 14.1. The summed E-state index contributed by atoms with van der Waals surface area (Å²) >= 11 is 12.9. The van der Waals surface area contributed by atoms with Crippen molar-refractivity contribution in [3.05, 3.63) is 125 Å². The van der Waals surface area contributed by atoms with Gasteiger partial charge < -0.3 is 30.1 Å². The average Bonchev–Trinajstić information content (AvgIpc) is 4.08. The molecule has 0 aromatic heterocycles. The number of halogens is 2. The summed E-state index contributed by atoms with van der Waals surface area (Å²) in [5.74, 6) is -1.34. The number of unbranched alkanes of at least 4 members (excludes halogenated alkanes) is 2. The summed E-state index contributed by atoms with van der Waals surface area (Å²) < 4.78 is 17.1. The Labute approximate surface area is 404 Å². The number of fused-ring (bicyclic) bond motifs is 6. The minimum Gasteiger partial charge on any atom is -0.507 e. The predicted molar refractivity (Wildman–Crippen MR) is 269 cm³/mol. The molecule has 0 bridgehead atoms. The Morgan fingerprint density at radius 1 is 0.721 bits per heavy atom. The minimum absolute atomic E-state index is 0.0245. The number of anilines is 3. The number of amides is 4. The number of carbonyl (C=O) groups is 4. The van der Waals surface area contributed by atoms with Crippen LogP contribution in [0.2, 0.25) is 0 Å². The van der Waals surface area contributed by atoms with Crippen molar-refractivity contribution in [3.63, 3.8) is 0 Å². The van der Waals surface area contributed by atoms with Crippen LogP contribution in [0.1, 0.15) is 66.2 Å². The number of nitrogens with one attached hydrogen (secondary N) is 2. The van der Waals surface area contributed by atoms with Gasteiger partial charge in [0.15, 0.2) is 0 Å². The van der Waals surface area contributed by atoms with Gasteiger partial charge >= 0.3 is 7.82 Å². The van der Waals surface area contributed by atoms with Crippen LogP contribution in [0, 0.1) is 0 Å². The first-order valence-electron chi connectivity index (χ1n) is 22.6. The standard InChI is InChI=1S/C51H52Cl2N5O9P/c52-29-35-31-57(42-27-44(59)37-10-3-5-12-39(37)50(35)42)48(62)19-16-33-15-17-34(41(26-33)55-47(61)21-22-54-46(60)14-2-1-7-23-56-24-8-9-25-56)18-20-49(63)58-32-36(30-53)51-40-13-6-4-11-38(40)45(28-43(51)58)67-68(64,65)66/h3-6,8-13,15-20,26-28,35-36,59H,1-2,7,14,21-25,29-32H2,(H,54,60)(H,55,61)(H2,64,65,66)/t35-,36-/m1/s1. The smallest absolute Gasteiger partial charge is 0.507 e. The van der Waals surface area contributed by atoms with Gasteiger partial charge in [-0.15, -0.1) is 23.2 Å². The van der Waals surface area contributed by atoms with Crippen LogP contribution in [-0.4, -0.2) is 94.5 Å². The van der Waals surface area contributed by atoms with Crippen LogP contribution < -0.4 is 25.0 Å². The zero-order valence-corrected chi connectivity index (χ0v) is 39.6. The highest BCUT2D eigenvalue weighted by molar-refractivity contribution is 7.46. The lowest BCUT2D eigenvalue weighted by Crippen LogP contribution is -2.28. The van der Waals surface area contributed by atoms with Crippen molar-refractivity contribution in [2.75, 3.05) is 66.1 Å². The van der Waals surface area contributed by atoms with Crippen LogP contribution in [0.15, 0.2) is 103 Å². The molecule has 0 unspecified atom stereocenters. The number of benzene rings is 5. The molecule has 3 aliphatic heterocycles. The Morgan fingerprint density at radius 2 is 1.32 bits per heavy atom. The van der Waals surface area contributed by atoms with Crippen LogP contribution >= 0.6 is 31.0 Å². The second kappa shape index (κ2) is 21.5. The van der Waals surface area contributed by atoms with Crippen molar-refractivity contribution >= 4 is 105 Å². The van der Waals surface area contributed by atoms with Crippen molar-refractivity contribution in [1.29, 1.82) is 0 Å². The van der Waals surface area contributed by atoms with Gasteiger partial charge in [0.2, 0.25) is 11.8 Å². The topological polar surface area (TPSA) is 189 Å². The summed E-state index contributed by atoms with van der Waals surface area (Å²) in [6.45, 7) is 3.57. The van der Waals surface area contributed by atoms with E-state index < -0.39 is 19.6 Å². The second-order valence-electron chi connectivity index (χ2n) is 17.1. The number of alkyl halides is 2. The van der Waals surface area contributed by atoms with E-state index in [0.717, 1.165) is 55.4 Å². The van der Waals surface area contributed by atoms with Crippen LogP contribution in [0.5, 0.6) is 11.5 Å². The third-order valence-corrected chi connectivity index (χ3v) is 13.7. The number of nitrogens with zero attached hydrogens (tertiary/aromatic N) is 3. The molecule has 3 aliphatic rings. The number of hydrogen-bond acceptors (Lipinski definition) is 8. The third-order valence-electron chi connectivity index (χ3n) is 12.5. The molecule has 0 saturated carbocycles. The second-order valence-corrected chi connectivity index (χ2v) is 18.9. The van der Waals surface area contributed by atoms with E-state index in [1.54, 1.807) is 65.6 Å². The number of aromatic hydroxyl groups is 1. The molecule has 0 aliphatic carbocycles. The molecule has 0 radical (unpaired) electrons.